The van der Waals surface area contributed by atoms with Crippen molar-refractivity contribution in [3.8, 4) is 39.9 Å². The largest absolute Gasteiger partial charge is 0.508 e. The van der Waals surface area contributed by atoms with E-state index in [1.807, 2.05) is 12.1 Å². The SMILES string of the molecule is CCCCC[C@H](C)CCC[C@H]1Cc2cc(O)c(CC(C)C)cc2-c2c(OC)cc3c(c21)C[C@@H](O)[C@H](c1ccc(O)c(O[C@H]2CCC[C@H](CO)C2)c1)O3. The van der Waals surface area contributed by atoms with E-state index in [-0.39, 0.29) is 30.3 Å². The highest BCUT2D eigenvalue weighted by Crippen LogP contribution is 2.54. The fourth-order valence-corrected chi connectivity index (χ4v) is 9.11. The van der Waals surface area contributed by atoms with Crippen LogP contribution in [0.1, 0.15) is 138 Å². The van der Waals surface area contributed by atoms with Gasteiger partial charge in [0.2, 0.25) is 0 Å². The molecule has 0 spiro atoms. The monoisotopic (exact) mass is 714 g/mol. The lowest BCUT2D eigenvalue weighted by Gasteiger charge is -2.38. The topological polar surface area (TPSA) is 109 Å². The van der Waals surface area contributed by atoms with Crippen molar-refractivity contribution in [2.24, 2.45) is 17.8 Å². The number of phenols is 2. The van der Waals surface area contributed by atoms with Gasteiger partial charge >= 0.3 is 0 Å². The summed E-state index contributed by atoms with van der Waals surface area (Å²) in [6.07, 6.45) is 12.5. The first-order chi connectivity index (χ1) is 25.1. The minimum absolute atomic E-state index is 0.0559. The van der Waals surface area contributed by atoms with Gasteiger partial charge in [0.15, 0.2) is 11.5 Å². The van der Waals surface area contributed by atoms with E-state index in [9.17, 15) is 20.4 Å². The third kappa shape index (κ3) is 8.52. The number of aliphatic hydroxyl groups is 2. The molecule has 0 amide bonds. The van der Waals surface area contributed by atoms with E-state index < -0.39 is 12.2 Å². The van der Waals surface area contributed by atoms with Crippen molar-refractivity contribution in [1.29, 1.82) is 0 Å². The zero-order chi connectivity index (χ0) is 36.9. The summed E-state index contributed by atoms with van der Waals surface area (Å²) in [7, 11) is 1.71. The van der Waals surface area contributed by atoms with E-state index in [0.29, 0.717) is 29.8 Å². The predicted molar refractivity (Wildman–Crippen MR) is 207 cm³/mol. The highest BCUT2D eigenvalue weighted by Gasteiger charge is 2.38. The van der Waals surface area contributed by atoms with Crippen molar-refractivity contribution in [1.82, 2.24) is 0 Å². The average Bonchev–Trinajstić information content (AvgIpc) is 3.12. The van der Waals surface area contributed by atoms with Gasteiger partial charge in [-0.3, -0.25) is 0 Å². The summed E-state index contributed by atoms with van der Waals surface area (Å²) >= 11 is 0. The van der Waals surface area contributed by atoms with E-state index in [1.54, 1.807) is 25.3 Å². The Morgan fingerprint density at radius 3 is 2.48 bits per heavy atom. The van der Waals surface area contributed by atoms with Crippen LogP contribution in [0.3, 0.4) is 0 Å². The molecule has 0 aromatic heterocycles. The van der Waals surface area contributed by atoms with Crippen LogP contribution in [0, 0.1) is 17.8 Å². The van der Waals surface area contributed by atoms with Crippen LogP contribution in [0.2, 0.25) is 0 Å². The Hall–Kier alpha value is -3.42. The molecule has 52 heavy (non-hydrogen) atoms. The molecule has 0 bridgehead atoms. The number of ether oxygens (including phenoxy) is 3. The summed E-state index contributed by atoms with van der Waals surface area (Å²) in [4.78, 5) is 0. The number of hydrogen-bond acceptors (Lipinski definition) is 7. The Balaban J connectivity index is 1.34. The number of aliphatic hydroxyl groups excluding tert-OH is 2. The van der Waals surface area contributed by atoms with Crippen molar-refractivity contribution in [2.45, 2.75) is 142 Å². The number of hydrogen-bond donors (Lipinski definition) is 4. The molecule has 6 atom stereocenters. The summed E-state index contributed by atoms with van der Waals surface area (Å²) in [5, 5.41) is 43.4. The summed E-state index contributed by atoms with van der Waals surface area (Å²) in [6.45, 7) is 9.12. The number of aromatic hydroxyl groups is 2. The van der Waals surface area contributed by atoms with Gasteiger partial charge in [-0.1, -0.05) is 72.3 Å². The van der Waals surface area contributed by atoms with Gasteiger partial charge in [-0.25, -0.2) is 0 Å². The maximum atomic E-state index is 11.8. The lowest BCUT2D eigenvalue weighted by Crippen LogP contribution is -2.32. The molecule has 3 aliphatic rings. The van der Waals surface area contributed by atoms with Crippen LogP contribution in [-0.2, 0) is 19.3 Å². The van der Waals surface area contributed by atoms with Crippen LogP contribution >= 0.6 is 0 Å². The van der Waals surface area contributed by atoms with Crippen molar-refractivity contribution < 1.29 is 34.6 Å². The standard InChI is InChI=1S/C45H62O7/c1-6-7-8-11-28(4)12-9-14-30-20-32-22-38(48)33(18-27(2)3)21-35(32)44-42(50-5)25-40-36(43(30)44)24-39(49)45(52-40)31-16-17-37(47)41(23-31)51-34-15-10-13-29(19-34)26-46/h16-17,21-23,25,27-30,34,39,45-49H,6-15,18-20,24,26H2,1-5H3/t28-,29-,30-,34-,39+,45-/m0/s1. The van der Waals surface area contributed by atoms with Gasteiger partial charge in [0, 0.05) is 30.2 Å². The third-order valence-electron chi connectivity index (χ3n) is 11.9. The molecule has 1 saturated carbocycles. The van der Waals surface area contributed by atoms with Gasteiger partial charge in [0.05, 0.1) is 19.3 Å². The van der Waals surface area contributed by atoms with Crippen LogP contribution < -0.4 is 14.2 Å². The molecule has 3 aromatic rings. The van der Waals surface area contributed by atoms with Crippen LogP contribution in [0.15, 0.2) is 36.4 Å². The first kappa shape index (κ1) is 38.3. The van der Waals surface area contributed by atoms with Crippen LogP contribution in [0.5, 0.6) is 28.7 Å². The quantitative estimate of drug-likeness (QED) is 0.116. The second-order valence-corrected chi connectivity index (χ2v) is 16.5. The van der Waals surface area contributed by atoms with Gasteiger partial charge in [-0.05, 0) is 121 Å². The van der Waals surface area contributed by atoms with Gasteiger partial charge in [-0.2, -0.15) is 0 Å². The molecule has 7 heteroatoms. The van der Waals surface area contributed by atoms with Gasteiger partial charge < -0.3 is 34.6 Å². The molecule has 0 unspecified atom stereocenters. The highest BCUT2D eigenvalue weighted by atomic mass is 16.5. The molecule has 4 N–H and O–H groups in total. The fraction of sp³-hybridized carbons (Fsp3) is 0.600. The normalized spacial score (nSPS) is 23.0. The lowest BCUT2D eigenvalue weighted by molar-refractivity contribution is 0.0198. The number of methoxy groups -OCH3 is 1. The summed E-state index contributed by atoms with van der Waals surface area (Å²) in [6, 6.07) is 11.4. The summed E-state index contributed by atoms with van der Waals surface area (Å²) < 4.78 is 19.2. The Labute approximate surface area is 311 Å². The molecule has 284 valence electrons. The fourth-order valence-electron chi connectivity index (χ4n) is 9.11. The first-order valence-electron chi connectivity index (χ1n) is 20.1. The molecule has 6 rings (SSSR count). The Morgan fingerprint density at radius 2 is 1.73 bits per heavy atom. The molecular weight excluding hydrogens is 652 g/mol. The Morgan fingerprint density at radius 1 is 0.923 bits per heavy atom. The number of rotatable bonds is 15. The van der Waals surface area contributed by atoms with E-state index in [2.05, 4.69) is 33.8 Å². The van der Waals surface area contributed by atoms with E-state index >= 15 is 0 Å². The second kappa shape index (κ2) is 17.2. The van der Waals surface area contributed by atoms with Gasteiger partial charge in [0.1, 0.15) is 23.4 Å². The van der Waals surface area contributed by atoms with E-state index in [1.165, 1.54) is 37.7 Å². The average molecular weight is 715 g/mol. The molecule has 1 fully saturated rings. The number of fused-ring (bicyclic) bond motifs is 5. The molecule has 1 aliphatic heterocycles. The second-order valence-electron chi connectivity index (χ2n) is 16.5. The molecule has 0 saturated heterocycles. The zero-order valence-corrected chi connectivity index (χ0v) is 32.1. The van der Waals surface area contributed by atoms with E-state index in [0.717, 1.165) is 96.2 Å². The van der Waals surface area contributed by atoms with Crippen molar-refractivity contribution in [2.75, 3.05) is 13.7 Å². The minimum atomic E-state index is -0.812. The summed E-state index contributed by atoms with van der Waals surface area (Å²) in [5.74, 6) is 3.76. The zero-order valence-electron chi connectivity index (χ0n) is 32.1. The Bertz CT molecular complexity index is 1660. The molecule has 7 nitrogen and oxygen atoms in total. The van der Waals surface area contributed by atoms with E-state index in [4.69, 9.17) is 14.2 Å². The van der Waals surface area contributed by atoms with Crippen LogP contribution in [-0.4, -0.2) is 46.4 Å². The van der Waals surface area contributed by atoms with Crippen molar-refractivity contribution >= 4 is 0 Å². The molecular formula is C45H62O7. The number of benzene rings is 3. The molecule has 1 heterocycles. The first-order valence-corrected chi connectivity index (χ1v) is 20.1. The maximum absolute atomic E-state index is 11.8. The molecule has 2 aliphatic carbocycles. The number of phenolic OH excluding ortho intramolecular Hbond substituents is 2. The van der Waals surface area contributed by atoms with Crippen LogP contribution in [0.4, 0.5) is 0 Å². The molecule has 3 aromatic carbocycles. The summed E-state index contributed by atoms with van der Waals surface area (Å²) in [5.41, 5.74) is 7.26. The Kier molecular flexibility index (Phi) is 12.6. The van der Waals surface area contributed by atoms with Gasteiger partial charge in [0.25, 0.3) is 0 Å². The number of unbranched alkanes of at least 4 members (excludes halogenated alkanes) is 2. The van der Waals surface area contributed by atoms with Crippen LogP contribution in [0.25, 0.3) is 11.1 Å². The third-order valence-corrected chi connectivity index (χ3v) is 11.9. The predicted octanol–water partition coefficient (Wildman–Crippen LogP) is 9.97. The van der Waals surface area contributed by atoms with Gasteiger partial charge in [-0.15, -0.1) is 0 Å². The van der Waals surface area contributed by atoms with Crippen molar-refractivity contribution in [3.05, 3.63) is 64.2 Å². The smallest absolute Gasteiger partial charge is 0.161 e. The lowest BCUT2D eigenvalue weighted by atomic mass is 9.72. The maximum Gasteiger partial charge on any atom is 0.161 e. The highest BCUT2D eigenvalue weighted by molar-refractivity contribution is 5.83. The van der Waals surface area contributed by atoms with Crippen molar-refractivity contribution in [3.63, 3.8) is 0 Å². The molecule has 0 radical (unpaired) electrons. The minimum Gasteiger partial charge on any atom is -0.508 e.